The summed E-state index contributed by atoms with van der Waals surface area (Å²) in [4.78, 5) is 4.25. The van der Waals surface area contributed by atoms with Gasteiger partial charge in [-0.3, -0.25) is 0 Å². The Morgan fingerprint density at radius 1 is 1.46 bits per heavy atom. The summed E-state index contributed by atoms with van der Waals surface area (Å²) >= 11 is 0. The molecule has 0 aliphatic carbocycles. The second-order valence-electron chi connectivity index (χ2n) is 3.32. The van der Waals surface area contributed by atoms with Crippen molar-refractivity contribution >= 4 is 5.52 Å². The standard InChI is InChI=1S/C10H13N3/c1-7(11)9-4-3-5-10-8(2)12-6-13(9)10/h3-7H,11H2,1-2H3. The van der Waals surface area contributed by atoms with Crippen LogP contribution in [0.25, 0.3) is 5.52 Å². The minimum absolute atomic E-state index is 0.0392. The van der Waals surface area contributed by atoms with Gasteiger partial charge in [0.1, 0.15) is 0 Å². The zero-order valence-electron chi connectivity index (χ0n) is 7.86. The van der Waals surface area contributed by atoms with E-state index < -0.39 is 0 Å². The van der Waals surface area contributed by atoms with Gasteiger partial charge in [-0.25, -0.2) is 4.98 Å². The first-order valence-electron chi connectivity index (χ1n) is 4.38. The van der Waals surface area contributed by atoms with E-state index in [4.69, 9.17) is 5.73 Å². The van der Waals surface area contributed by atoms with Crippen LogP contribution in [0.5, 0.6) is 0 Å². The molecule has 0 radical (unpaired) electrons. The van der Waals surface area contributed by atoms with Crippen molar-refractivity contribution in [3.63, 3.8) is 0 Å². The lowest BCUT2D eigenvalue weighted by Gasteiger charge is -2.08. The van der Waals surface area contributed by atoms with Crippen LogP contribution in [-0.2, 0) is 0 Å². The fraction of sp³-hybridized carbons (Fsp3) is 0.300. The smallest absolute Gasteiger partial charge is 0.0998 e. The Balaban J connectivity index is 2.77. The van der Waals surface area contributed by atoms with Gasteiger partial charge in [0.15, 0.2) is 0 Å². The topological polar surface area (TPSA) is 43.3 Å². The van der Waals surface area contributed by atoms with Gasteiger partial charge in [-0.1, -0.05) is 6.07 Å². The highest BCUT2D eigenvalue weighted by atomic mass is 15.0. The van der Waals surface area contributed by atoms with E-state index >= 15 is 0 Å². The number of aromatic nitrogens is 2. The van der Waals surface area contributed by atoms with Crippen molar-refractivity contribution in [2.24, 2.45) is 5.73 Å². The van der Waals surface area contributed by atoms with Gasteiger partial charge in [0.05, 0.1) is 17.5 Å². The van der Waals surface area contributed by atoms with Crippen LogP contribution >= 0.6 is 0 Å². The molecule has 0 aromatic carbocycles. The summed E-state index contributed by atoms with van der Waals surface area (Å²) < 4.78 is 2.04. The predicted octanol–water partition coefficient (Wildman–Crippen LogP) is 1.66. The molecule has 3 nitrogen and oxygen atoms in total. The third-order valence-corrected chi connectivity index (χ3v) is 2.26. The summed E-state index contributed by atoms with van der Waals surface area (Å²) in [7, 11) is 0. The summed E-state index contributed by atoms with van der Waals surface area (Å²) in [6.45, 7) is 3.98. The van der Waals surface area contributed by atoms with Gasteiger partial charge in [-0.2, -0.15) is 0 Å². The Kier molecular flexibility index (Phi) is 1.81. The van der Waals surface area contributed by atoms with Gasteiger partial charge in [0.25, 0.3) is 0 Å². The SMILES string of the molecule is Cc1ncn2c(C(C)N)cccc12. The second-order valence-corrected chi connectivity index (χ2v) is 3.32. The minimum Gasteiger partial charge on any atom is -0.323 e. The predicted molar refractivity (Wildman–Crippen MR) is 52.5 cm³/mol. The molecule has 2 aromatic rings. The lowest BCUT2D eigenvalue weighted by Crippen LogP contribution is -2.09. The van der Waals surface area contributed by atoms with Crippen LogP contribution in [0.4, 0.5) is 0 Å². The molecule has 2 N–H and O–H groups in total. The fourth-order valence-electron chi connectivity index (χ4n) is 1.54. The number of imidazole rings is 1. The maximum Gasteiger partial charge on any atom is 0.0998 e. The first kappa shape index (κ1) is 8.26. The van der Waals surface area contributed by atoms with Crippen LogP contribution in [-0.4, -0.2) is 9.38 Å². The van der Waals surface area contributed by atoms with Gasteiger partial charge in [0, 0.05) is 11.7 Å². The van der Waals surface area contributed by atoms with Gasteiger partial charge >= 0.3 is 0 Å². The molecule has 1 atom stereocenters. The number of hydrogen-bond donors (Lipinski definition) is 1. The molecule has 1 unspecified atom stereocenters. The van der Waals surface area contributed by atoms with E-state index in [0.29, 0.717) is 0 Å². The number of pyridine rings is 1. The van der Waals surface area contributed by atoms with Crippen LogP contribution in [0.3, 0.4) is 0 Å². The summed E-state index contributed by atoms with van der Waals surface area (Å²) in [5.41, 5.74) is 9.11. The first-order chi connectivity index (χ1) is 6.20. The molecule has 68 valence electrons. The zero-order valence-corrected chi connectivity index (χ0v) is 7.86. The van der Waals surface area contributed by atoms with Crippen LogP contribution in [0.2, 0.25) is 0 Å². The van der Waals surface area contributed by atoms with Gasteiger partial charge in [-0.05, 0) is 26.0 Å². The number of aryl methyl sites for hydroxylation is 1. The highest BCUT2D eigenvalue weighted by Crippen LogP contribution is 2.15. The van der Waals surface area contributed by atoms with E-state index in [1.807, 2.05) is 42.8 Å². The van der Waals surface area contributed by atoms with E-state index in [-0.39, 0.29) is 6.04 Å². The third kappa shape index (κ3) is 1.21. The van der Waals surface area contributed by atoms with E-state index in [1.165, 1.54) is 0 Å². The normalized spacial score (nSPS) is 13.5. The summed E-state index contributed by atoms with van der Waals surface area (Å²) in [5.74, 6) is 0. The van der Waals surface area contributed by atoms with Crippen LogP contribution in [0.1, 0.15) is 24.4 Å². The molecule has 2 rings (SSSR count). The molecular weight excluding hydrogens is 162 g/mol. The largest absolute Gasteiger partial charge is 0.323 e. The van der Waals surface area contributed by atoms with Crippen LogP contribution in [0.15, 0.2) is 24.5 Å². The molecule has 0 saturated heterocycles. The highest BCUT2D eigenvalue weighted by molar-refractivity contribution is 5.52. The van der Waals surface area contributed by atoms with Crippen molar-refractivity contribution in [2.45, 2.75) is 19.9 Å². The van der Waals surface area contributed by atoms with E-state index in [9.17, 15) is 0 Å². The number of fused-ring (bicyclic) bond motifs is 1. The number of rotatable bonds is 1. The Bertz CT molecular complexity index is 429. The molecule has 0 aliphatic heterocycles. The average Bonchev–Trinajstić information content (AvgIpc) is 2.48. The van der Waals surface area contributed by atoms with Crippen molar-refractivity contribution < 1.29 is 0 Å². The summed E-state index contributed by atoms with van der Waals surface area (Å²) in [5, 5.41) is 0. The molecule has 2 aromatic heterocycles. The molecule has 0 fully saturated rings. The van der Waals surface area contributed by atoms with Gasteiger partial charge in [-0.15, -0.1) is 0 Å². The molecule has 13 heavy (non-hydrogen) atoms. The molecule has 0 bridgehead atoms. The molecule has 0 aliphatic rings. The second kappa shape index (κ2) is 2.85. The maximum absolute atomic E-state index is 5.84. The Morgan fingerprint density at radius 2 is 2.23 bits per heavy atom. The number of hydrogen-bond acceptors (Lipinski definition) is 2. The molecular formula is C10H13N3. The minimum atomic E-state index is 0.0392. The van der Waals surface area contributed by atoms with Crippen molar-refractivity contribution in [3.05, 3.63) is 35.9 Å². The molecule has 0 spiro atoms. The molecule has 3 heteroatoms. The number of nitrogens with two attached hydrogens (primary N) is 1. The van der Waals surface area contributed by atoms with E-state index in [0.717, 1.165) is 16.9 Å². The number of nitrogens with zero attached hydrogens (tertiary/aromatic N) is 2. The fourth-order valence-corrected chi connectivity index (χ4v) is 1.54. The average molecular weight is 175 g/mol. The molecule has 2 heterocycles. The summed E-state index contributed by atoms with van der Waals surface area (Å²) in [6, 6.07) is 6.13. The Morgan fingerprint density at radius 3 is 2.92 bits per heavy atom. The van der Waals surface area contributed by atoms with Gasteiger partial charge in [0.2, 0.25) is 0 Å². The Hall–Kier alpha value is -1.35. The lowest BCUT2D eigenvalue weighted by molar-refractivity contribution is 0.762. The zero-order chi connectivity index (χ0) is 9.42. The Labute approximate surface area is 77.2 Å². The third-order valence-electron chi connectivity index (χ3n) is 2.26. The van der Waals surface area contributed by atoms with Crippen LogP contribution in [0, 0.1) is 6.92 Å². The molecule has 0 amide bonds. The van der Waals surface area contributed by atoms with Gasteiger partial charge < -0.3 is 10.1 Å². The molecule has 0 saturated carbocycles. The van der Waals surface area contributed by atoms with Crippen molar-refractivity contribution in [1.82, 2.24) is 9.38 Å². The first-order valence-corrected chi connectivity index (χ1v) is 4.38. The van der Waals surface area contributed by atoms with Crippen molar-refractivity contribution in [3.8, 4) is 0 Å². The summed E-state index contributed by atoms with van der Waals surface area (Å²) in [6.07, 6.45) is 1.82. The van der Waals surface area contributed by atoms with Crippen molar-refractivity contribution in [1.29, 1.82) is 0 Å². The maximum atomic E-state index is 5.84. The van der Waals surface area contributed by atoms with Crippen LogP contribution < -0.4 is 5.73 Å². The quantitative estimate of drug-likeness (QED) is 0.716. The lowest BCUT2D eigenvalue weighted by atomic mass is 10.2. The highest BCUT2D eigenvalue weighted by Gasteiger charge is 2.05. The van der Waals surface area contributed by atoms with Crippen molar-refractivity contribution in [2.75, 3.05) is 0 Å². The van der Waals surface area contributed by atoms with E-state index in [1.54, 1.807) is 0 Å². The monoisotopic (exact) mass is 175 g/mol. The van der Waals surface area contributed by atoms with E-state index in [2.05, 4.69) is 4.98 Å².